The highest BCUT2D eigenvalue weighted by molar-refractivity contribution is 5.98. The van der Waals surface area contributed by atoms with Gasteiger partial charge in [0.25, 0.3) is 0 Å². The number of carboxylic acid groups (broad SMARTS) is 1. The van der Waals surface area contributed by atoms with Crippen LogP contribution in [0.2, 0.25) is 0 Å². The zero-order chi connectivity index (χ0) is 22.8. The van der Waals surface area contributed by atoms with Crippen LogP contribution >= 0.6 is 0 Å². The van der Waals surface area contributed by atoms with E-state index in [1.165, 1.54) is 12.4 Å². The van der Waals surface area contributed by atoms with Gasteiger partial charge in [-0.2, -0.15) is 5.10 Å². The maximum atomic E-state index is 11.0. The van der Waals surface area contributed by atoms with Gasteiger partial charge >= 0.3 is 5.97 Å². The standard InChI is InChI=1S/C25H23N5O3/c26-24-22-23(17-8-12-20(13-9-17)33-19-4-2-1-3-5-19)29-30(25(22)28-15-27-24)18-10-6-16(7-11-18)14-21(31)32/h1-5,8-9,12-15,18H,6-7,10-11H2,(H,31,32)(H2,26,27,28). The van der Waals surface area contributed by atoms with Crippen LogP contribution in [0.5, 0.6) is 11.5 Å². The third-order valence-electron chi connectivity index (χ3n) is 5.90. The summed E-state index contributed by atoms with van der Waals surface area (Å²) in [6, 6.07) is 17.4. The van der Waals surface area contributed by atoms with Crippen LogP contribution in [0.1, 0.15) is 31.7 Å². The highest BCUT2D eigenvalue weighted by Crippen LogP contribution is 2.37. The molecule has 8 nitrogen and oxygen atoms in total. The van der Waals surface area contributed by atoms with Crippen molar-refractivity contribution in [2.24, 2.45) is 0 Å². The number of anilines is 1. The average Bonchev–Trinajstić information content (AvgIpc) is 3.21. The number of benzene rings is 2. The Kier molecular flexibility index (Phi) is 5.48. The first-order valence-electron chi connectivity index (χ1n) is 10.8. The quantitative estimate of drug-likeness (QED) is 0.419. The molecule has 0 bridgehead atoms. The van der Waals surface area contributed by atoms with Crippen LogP contribution in [-0.2, 0) is 4.79 Å². The molecule has 0 radical (unpaired) electrons. The van der Waals surface area contributed by atoms with E-state index < -0.39 is 5.97 Å². The summed E-state index contributed by atoms with van der Waals surface area (Å²) in [5, 5.41) is 14.6. The van der Waals surface area contributed by atoms with Crippen molar-refractivity contribution in [2.75, 3.05) is 5.73 Å². The molecule has 33 heavy (non-hydrogen) atoms. The number of aromatic nitrogens is 4. The van der Waals surface area contributed by atoms with Gasteiger partial charge in [0.2, 0.25) is 0 Å². The number of nitrogens with two attached hydrogens (primary N) is 1. The zero-order valence-corrected chi connectivity index (χ0v) is 17.9. The van der Waals surface area contributed by atoms with Crippen LogP contribution in [0.25, 0.3) is 22.3 Å². The van der Waals surface area contributed by atoms with Gasteiger partial charge in [-0.15, -0.1) is 0 Å². The van der Waals surface area contributed by atoms with Gasteiger partial charge in [0.05, 0.1) is 11.4 Å². The zero-order valence-electron chi connectivity index (χ0n) is 17.9. The van der Waals surface area contributed by atoms with Gasteiger partial charge in [-0.1, -0.05) is 23.8 Å². The van der Waals surface area contributed by atoms with E-state index >= 15 is 0 Å². The van der Waals surface area contributed by atoms with Gasteiger partial charge in [0, 0.05) is 11.6 Å². The normalized spacial score (nSPS) is 16.0. The summed E-state index contributed by atoms with van der Waals surface area (Å²) in [7, 11) is 0. The molecule has 2 heterocycles. The van der Waals surface area contributed by atoms with Gasteiger partial charge in [-0.25, -0.2) is 19.4 Å². The van der Waals surface area contributed by atoms with E-state index in [0.29, 0.717) is 11.5 Å². The van der Waals surface area contributed by atoms with Crippen LogP contribution < -0.4 is 10.5 Å². The van der Waals surface area contributed by atoms with Crippen molar-refractivity contribution in [3.63, 3.8) is 0 Å². The van der Waals surface area contributed by atoms with E-state index in [1.807, 2.05) is 59.3 Å². The Bertz CT molecular complexity index is 1320. The second kappa shape index (κ2) is 8.74. The molecule has 0 saturated heterocycles. The first-order valence-corrected chi connectivity index (χ1v) is 10.8. The van der Waals surface area contributed by atoms with Gasteiger partial charge in [-0.3, -0.25) is 0 Å². The first-order chi connectivity index (χ1) is 16.1. The lowest BCUT2D eigenvalue weighted by atomic mass is 9.90. The SMILES string of the molecule is Nc1ncnc2c1c(-c1ccc(Oc3ccccc3)cc1)nn2C1CCC(=CC(=O)O)CC1. The highest BCUT2D eigenvalue weighted by Gasteiger charge is 2.25. The number of para-hydroxylation sites is 1. The number of aliphatic carboxylic acids is 1. The Labute approximate surface area is 190 Å². The van der Waals surface area contributed by atoms with Crippen molar-refractivity contribution in [3.8, 4) is 22.8 Å². The largest absolute Gasteiger partial charge is 0.478 e. The van der Waals surface area contributed by atoms with Crippen molar-refractivity contribution < 1.29 is 14.6 Å². The third-order valence-corrected chi connectivity index (χ3v) is 5.90. The molecule has 0 aliphatic heterocycles. The van der Waals surface area contributed by atoms with Crippen LogP contribution in [0, 0.1) is 0 Å². The van der Waals surface area contributed by atoms with Crippen LogP contribution in [0.3, 0.4) is 0 Å². The minimum atomic E-state index is -0.893. The number of hydrogen-bond acceptors (Lipinski definition) is 6. The fraction of sp³-hybridized carbons (Fsp3) is 0.200. The maximum Gasteiger partial charge on any atom is 0.328 e. The van der Waals surface area contributed by atoms with Gasteiger partial charge in [-0.05, 0) is 62.1 Å². The molecular formula is C25H23N5O3. The van der Waals surface area contributed by atoms with E-state index in [4.69, 9.17) is 20.7 Å². The lowest BCUT2D eigenvalue weighted by Gasteiger charge is -2.24. The molecule has 1 fully saturated rings. The fourth-order valence-electron chi connectivity index (χ4n) is 4.29. The lowest BCUT2D eigenvalue weighted by Crippen LogP contribution is -2.16. The molecule has 0 amide bonds. The summed E-state index contributed by atoms with van der Waals surface area (Å²) in [5.74, 6) is 0.984. The number of carboxylic acids is 1. The molecule has 1 aliphatic rings. The number of fused-ring (bicyclic) bond motifs is 1. The lowest BCUT2D eigenvalue weighted by molar-refractivity contribution is -0.131. The topological polar surface area (TPSA) is 116 Å². The second-order valence-electron chi connectivity index (χ2n) is 8.06. The number of nitrogen functional groups attached to an aromatic ring is 1. The molecule has 0 unspecified atom stereocenters. The third kappa shape index (κ3) is 4.27. The molecule has 166 valence electrons. The molecular weight excluding hydrogens is 418 g/mol. The molecule has 1 aliphatic carbocycles. The Hall–Kier alpha value is -4.20. The number of carbonyl (C=O) groups is 1. The van der Waals surface area contributed by atoms with Crippen LogP contribution in [0.4, 0.5) is 5.82 Å². The molecule has 0 spiro atoms. The maximum absolute atomic E-state index is 11.0. The molecule has 3 N–H and O–H groups in total. The second-order valence-corrected chi connectivity index (χ2v) is 8.06. The van der Waals surface area contributed by atoms with Crippen molar-refractivity contribution in [3.05, 3.63) is 72.6 Å². The summed E-state index contributed by atoms with van der Waals surface area (Å²) in [5.41, 5.74) is 9.51. The predicted octanol–water partition coefficient (Wildman–Crippen LogP) is 4.99. The smallest absolute Gasteiger partial charge is 0.328 e. The van der Waals surface area contributed by atoms with Crippen molar-refractivity contribution >= 4 is 22.8 Å². The summed E-state index contributed by atoms with van der Waals surface area (Å²) in [6.45, 7) is 0. The molecule has 4 aromatic rings. The Morgan fingerprint density at radius 3 is 2.42 bits per heavy atom. The van der Waals surface area contributed by atoms with E-state index in [1.54, 1.807) is 0 Å². The minimum absolute atomic E-state index is 0.113. The predicted molar refractivity (Wildman–Crippen MR) is 125 cm³/mol. The fourth-order valence-corrected chi connectivity index (χ4v) is 4.29. The van der Waals surface area contributed by atoms with Crippen molar-refractivity contribution in [1.82, 2.24) is 19.7 Å². The highest BCUT2D eigenvalue weighted by atomic mass is 16.5. The van der Waals surface area contributed by atoms with E-state index in [2.05, 4.69) is 9.97 Å². The summed E-state index contributed by atoms with van der Waals surface area (Å²) in [6.07, 6.45) is 5.81. The molecule has 5 rings (SSSR count). The van der Waals surface area contributed by atoms with E-state index in [9.17, 15) is 4.79 Å². The summed E-state index contributed by atoms with van der Waals surface area (Å²) in [4.78, 5) is 19.6. The average molecular weight is 441 g/mol. The number of allylic oxidation sites excluding steroid dienone is 1. The molecule has 8 heteroatoms. The van der Waals surface area contributed by atoms with E-state index in [-0.39, 0.29) is 6.04 Å². The van der Waals surface area contributed by atoms with Crippen molar-refractivity contribution in [1.29, 1.82) is 0 Å². The molecule has 1 saturated carbocycles. The van der Waals surface area contributed by atoms with Crippen LogP contribution in [0.15, 0.2) is 72.6 Å². The monoisotopic (exact) mass is 441 g/mol. The Morgan fingerprint density at radius 2 is 1.73 bits per heavy atom. The minimum Gasteiger partial charge on any atom is -0.478 e. The van der Waals surface area contributed by atoms with Gasteiger partial charge < -0.3 is 15.6 Å². The van der Waals surface area contributed by atoms with E-state index in [0.717, 1.165) is 59.4 Å². The summed E-state index contributed by atoms with van der Waals surface area (Å²) < 4.78 is 7.82. The van der Waals surface area contributed by atoms with Gasteiger partial charge in [0.15, 0.2) is 5.65 Å². The first kappa shape index (κ1) is 20.7. The van der Waals surface area contributed by atoms with Crippen molar-refractivity contribution in [2.45, 2.75) is 31.7 Å². The Morgan fingerprint density at radius 1 is 1.03 bits per heavy atom. The Balaban J connectivity index is 1.46. The number of nitrogens with zero attached hydrogens (tertiary/aromatic N) is 4. The molecule has 2 aromatic carbocycles. The number of ether oxygens (including phenoxy) is 1. The summed E-state index contributed by atoms with van der Waals surface area (Å²) >= 11 is 0. The van der Waals surface area contributed by atoms with Gasteiger partial charge in [0.1, 0.15) is 29.3 Å². The number of hydrogen-bond donors (Lipinski definition) is 2. The van der Waals surface area contributed by atoms with Crippen LogP contribution in [-0.4, -0.2) is 30.8 Å². The molecule has 0 atom stereocenters. The number of rotatable bonds is 5. The molecule has 2 aromatic heterocycles.